The van der Waals surface area contributed by atoms with Gasteiger partial charge in [0, 0.05) is 12.6 Å². The van der Waals surface area contributed by atoms with Crippen molar-refractivity contribution < 1.29 is 8.42 Å². The normalized spacial score (nSPS) is 18.9. The van der Waals surface area contributed by atoms with Crippen molar-refractivity contribution in [2.45, 2.75) is 35.1 Å². The summed E-state index contributed by atoms with van der Waals surface area (Å²) in [4.78, 5) is 5.34. The molecule has 0 saturated carbocycles. The summed E-state index contributed by atoms with van der Waals surface area (Å²) in [5.41, 5.74) is 2.08. The van der Waals surface area contributed by atoms with Crippen LogP contribution in [0.4, 0.5) is 5.69 Å². The van der Waals surface area contributed by atoms with E-state index in [-0.39, 0.29) is 4.90 Å². The lowest BCUT2D eigenvalue weighted by Crippen LogP contribution is -2.43. The first-order valence-corrected chi connectivity index (χ1v) is 10.9. The predicted octanol–water partition coefficient (Wildman–Crippen LogP) is 3.63. The molecule has 0 unspecified atom stereocenters. The first-order valence-electron chi connectivity index (χ1n) is 9.04. The van der Waals surface area contributed by atoms with E-state index in [1.807, 2.05) is 12.1 Å². The summed E-state index contributed by atoms with van der Waals surface area (Å²) in [7, 11) is -1.39. The molecule has 2 heterocycles. The number of hydrogen-bond donors (Lipinski definition) is 0. The number of halogens is 1. The molecule has 1 fully saturated rings. The lowest BCUT2D eigenvalue weighted by Gasteiger charge is -2.37. The first-order chi connectivity index (χ1) is 12.5. The highest BCUT2D eigenvalue weighted by Gasteiger charge is 2.32. The van der Waals surface area contributed by atoms with Crippen molar-refractivity contribution in [1.29, 1.82) is 0 Å². The number of rotatable bonds is 3. The Labute approximate surface area is 160 Å². The zero-order valence-corrected chi connectivity index (χ0v) is 16.4. The minimum Gasteiger partial charge on any atom is -0.367 e. The van der Waals surface area contributed by atoms with Gasteiger partial charge in [-0.25, -0.2) is 8.42 Å². The molecule has 0 spiro atoms. The zero-order chi connectivity index (χ0) is 18.3. The van der Waals surface area contributed by atoms with Crippen LogP contribution >= 0.6 is 11.6 Å². The van der Waals surface area contributed by atoms with E-state index in [2.05, 4.69) is 16.8 Å². The van der Waals surface area contributed by atoms with Crippen molar-refractivity contribution in [3.05, 3.63) is 53.1 Å². The van der Waals surface area contributed by atoms with Gasteiger partial charge in [0.2, 0.25) is 9.84 Å². The number of likely N-dealkylation sites (tertiary alicyclic amines) is 1. The second-order valence-electron chi connectivity index (χ2n) is 7.21. The lowest BCUT2D eigenvalue weighted by atomic mass is 10.0. The third kappa shape index (κ3) is 3.13. The number of benzene rings is 2. The van der Waals surface area contributed by atoms with Crippen LogP contribution in [-0.2, 0) is 16.3 Å². The van der Waals surface area contributed by atoms with E-state index in [9.17, 15) is 8.42 Å². The second kappa shape index (κ2) is 6.87. The largest absolute Gasteiger partial charge is 0.367 e. The Morgan fingerprint density at radius 2 is 1.69 bits per heavy atom. The molecule has 2 aromatic carbocycles. The van der Waals surface area contributed by atoms with Crippen LogP contribution in [0.25, 0.3) is 0 Å². The van der Waals surface area contributed by atoms with Crippen LogP contribution in [0.15, 0.2) is 52.3 Å². The van der Waals surface area contributed by atoms with Crippen LogP contribution in [0.5, 0.6) is 0 Å². The molecule has 0 aliphatic carbocycles. The predicted molar refractivity (Wildman–Crippen MR) is 105 cm³/mol. The molecule has 6 heteroatoms. The van der Waals surface area contributed by atoms with E-state index in [0.29, 0.717) is 16.0 Å². The number of anilines is 1. The fourth-order valence-electron chi connectivity index (χ4n) is 4.06. The second-order valence-corrected chi connectivity index (χ2v) is 9.56. The van der Waals surface area contributed by atoms with Crippen molar-refractivity contribution in [1.82, 2.24) is 4.90 Å². The summed E-state index contributed by atoms with van der Waals surface area (Å²) in [5.74, 6) is 0. The topological polar surface area (TPSA) is 40.6 Å². The van der Waals surface area contributed by atoms with Gasteiger partial charge in [-0.15, -0.1) is 0 Å². The summed E-state index contributed by atoms with van der Waals surface area (Å²) in [6.45, 7) is 3.10. The van der Waals surface area contributed by atoms with Crippen LogP contribution < -0.4 is 4.90 Å². The quantitative estimate of drug-likeness (QED) is 0.802. The summed E-state index contributed by atoms with van der Waals surface area (Å²) in [6, 6.07) is 12.5. The Morgan fingerprint density at radius 3 is 2.38 bits per heavy atom. The van der Waals surface area contributed by atoms with Gasteiger partial charge in [0.15, 0.2) is 0 Å². The number of sulfone groups is 1. The van der Waals surface area contributed by atoms with Crippen LogP contribution in [0.3, 0.4) is 0 Å². The van der Waals surface area contributed by atoms with Gasteiger partial charge < -0.3 is 9.80 Å². The van der Waals surface area contributed by atoms with Crippen LogP contribution in [-0.4, -0.2) is 46.0 Å². The van der Waals surface area contributed by atoms with Crippen LogP contribution in [0.2, 0.25) is 5.02 Å². The van der Waals surface area contributed by atoms with E-state index in [0.717, 1.165) is 50.1 Å². The van der Waals surface area contributed by atoms with Gasteiger partial charge in [-0.3, -0.25) is 0 Å². The number of fused-ring (bicyclic) bond motifs is 1. The Bertz CT molecular complexity index is 907. The minimum atomic E-state index is -3.54. The molecule has 26 heavy (non-hydrogen) atoms. The Balaban J connectivity index is 1.68. The molecular weight excluding hydrogens is 368 g/mol. The average Bonchev–Trinajstić information content (AvgIpc) is 3.08. The molecule has 1 saturated heterocycles. The molecule has 0 radical (unpaired) electrons. The number of piperidine rings is 1. The molecule has 2 aliphatic heterocycles. The minimum absolute atomic E-state index is 0.290. The summed E-state index contributed by atoms with van der Waals surface area (Å²) in [6.07, 6.45) is 3.09. The first kappa shape index (κ1) is 17.8. The standard InChI is InChI=1S/C20H23ClN2O2S/c1-22-10-8-16(9-11-22)23-12-7-15-13-18(14-19(21)20(15)23)26(24,25)17-5-3-2-4-6-17/h2-6,13-14,16H,7-12H2,1H3. The Kier molecular flexibility index (Phi) is 4.71. The van der Waals surface area contributed by atoms with Gasteiger partial charge in [0.25, 0.3) is 0 Å². The molecule has 0 bridgehead atoms. The van der Waals surface area contributed by atoms with E-state index in [4.69, 9.17) is 11.6 Å². The van der Waals surface area contributed by atoms with Gasteiger partial charge >= 0.3 is 0 Å². The summed E-state index contributed by atoms with van der Waals surface area (Å²) < 4.78 is 25.9. The van der Waals surface area contributed by atoms with Gasteiger partial charge in [0.05, 0.1) is 20.5 Å². The summed E-state index contributed by atoms with van der Waals surface area (Å²) in [5, 5.41) is 0.549. The maximum atomic E-state index is 12.9. The maximum Gasteiger partial charge on any atom is 0.206 e. The van der Waals surface area contributed by atoms with Gasteiger partial charge in [-0.2, -0.15) is 0 Å². The highest BCUT2D eigenvalue weighted by molar-refractivity contribution is 7.91. The lowest BCUT2D eigenvalue weighted by molar-refractivity contribution is 0.251. The fraction of sp³-hybridized carbons (Fsp3) is 0.400. The molecule has 0 N–H and O–H groups in total. The third-order valence-corrected chi connectivity index (χ3v) is 7.55. The fourth-order valence-corrected chi connectivity index (χ4v) is 5.83. The van der Waals surface area contributed by atoms with E-state index < -0.39 is 9.84 Å². The molecular formula is C20H23ClN2O2S. The summed E-state index contributed by atoms with van der Waals surface area (Å²) >= 11 is 6.59. The molecule has 0 atom stereocenters. The van der Waals surface area contributed by atoms with Gasteiger partial charge in [0.1, 0.15) is 0 Å². The smallest absolute Gasteiger partial charge is 0.206 e. The third-order valence-electron chi connectivity index (χ3n) is 5.52. The van der Waals surface area contributed by atoms with Crippen molar-refractivity contribution in [3.8, 4) is 0 Å². The molecule has 0 amide bonds. The zero-order valence-electron chi connectivity index (χ0n) is 14.9. The number of nitrogens with zero attached hydrogens (tertiary/aromatic N) is 2. The average molecular weight is 391 g/mol. The molecule has 0 aromatic heterocycles. The molecule has 4 rings (SSSR count). The highest BCUT2D eigenvalue weighted by Crippen LogP contribution is 2.40. The maximum absolute atomic E-state index is 12.9. The number of hydrogen-bond acceptors (Lipinski definition) is 4. The van der Waals surface area contributed by atoms with E-state index in [1.54, 1.807) is 30.3 Å². The van der Waals surface area contributed by atoms with Crippen molar-refractivity contribution in [3.63, 3.8) is 0 Å². The van der Waals surface area contributed by atoms with E-state index >= 15 is 0 Å². The van der Waals surface area contributed by atoms with Crippen LogP contribution in [0, 0.1) is 0 Å². The SMILES string of the molecule is CN1CCC(N2CCc3cc(S(=O)(=O)c4ccccc4)cc(Cl)c32)CC1. The monoisotopic (exact) mass is 390 g/mol. The Hall–Kier alpha value is -1.56. The van der Waals surface area contributed by atoms with Crippen molar-refractivity contribution in [2.75, 3.05) is 31.6 Å². The van der Waals surface area contributed by atoms with Crippen molar-refractivity contribution in [2.24, 2.45) is 0 Å². The van der Waals surface area contributed by atoms with E-state index in [1.165, 1.54) is 0 Å². The Morgan fingerprint density at radius 1 is 1.00 bits per heavy atom. The highest BCUT2D eigenvalue weighted by atomic mass is 35.5. The molecule has 2 aromatic rings. The van der Waals surface area contributed by atoms with Crippen LogP contribution in [0.1, 0.15) is 18.4 Å². The molecule has 2 aliphatic rings. The molecule has 138 valence electrons. The van der Waals surface area contributed by atoms with Gasteiger partial charge in [-0.05, 0) is 69.2 Å². The van der Waals surface area contributed by atoms with Crippen molar-refractivity contribution >= 4 is 27.1 Å². The molecule has 4 nitrogen and oxygen atoms in total. The van der Waals surface area contributed by atoms with Gasteiger partial charge in [-0.1, -0.05) is 29.8 Å².